The Hall–Kier alpha value is -1.55. The average Bonchev–Trinajstić information content (AvgIpc) is 3.13. The van der Waals surface area contributed by atoms with Gasteiger partial charge < -0.3 is 10.1 Å². The molecule has 1 fully saturated rings. The Bertz CT molecular complexity index is 483. The number of amides is 1. The zero-order valence-corrected chi connectivity index (χ0v) is 10.8. The van der Waals surface area contributed by atoms with Crippen LogP contribution in [-0.2, 0) is 9.53 Å². The molecule has 0 radical (unpaired) electrons. The summed E-state index contributed by atoms with van der Waals surface area (Å²) in [6, 6.07) is 4.77. The maximum Gasteiger partial charge on any atom is 0.339 e. The molecule has 1 aliphatic carbocycles. The molecule has 0 bridgehead atoms. The molecule has 5 heteroatoms. The fourth-order valence-corrected chi connectivity index (χ4v) is 1.81. The summed E-state index contributed by atoms with van der Waals surface area (Å²) in [6.07, 6.45) is 1.89. The van der Waals surface area contributed by atoms with E-state index in [1.807, 2.05) is 0 Å². The summed E-state index contributed by atoms with van der Waals surface area (Å²) >= 11 is 5.99. The molecule has 0 atom stereocenters. The highest BCUT2D eigenvalue weighted by atomic mass is 35.5. The first-order valence-electron chi connectivity index (χ1n) is 5.89. The molecule has 0 heterocycles. The second-order valence-electron chi connectivity index (χ2n) is 4.18. The van der Waals surface area contributed by atoms with Crippen LogP contribution < -0.4 is 5.32 Å². The van der Waals surface area contributed by atoms with Crippen LogP contribution in [0.15, 0.2) is 18.2 Å². The normalized spacial score (nSPS) is 14.1. The molecule has 1 aromatic carbocycles. The highest BCUT2D eigenvalue weighted by Crippen LogP contribution is 2.30. The molecule has 96 valence electrons. The summed E-state index contributed by atoms with van der Waals surface area (Å²) in [7, 11) is 0. The zero-order valence-electron chi connectivity index (χ0n) is 10.0. The van der Waals surface area contributed by atoms with Gasteiger partial charge in [-0.05, 0) is 38.0 Å². The molecule has 1 aliphatic rings. The third-order valence-electron chi connectivity index (χ3n) is 2.68. The topological polar surface area (TPSA) is 55.4 Å². The van der Waals surface area contributed by atoms with Crippen LogP contribution in [0.5, 0.6) is 0 Å². The van der Waals surface area contributed by atoms with E-state index < -0.39 is 5.97 Å². The highest BCUT2D eigenvalue weighted by molar-refractivity contribution is 6.34. The summed E-state index contributed by atoms with van der Waals surface area (Å²) in [5.74, 6) is -0.314. The maximum atomic E-state index is 11.6. The molecular formula is C13H14ClNO3. The van der Waals surface area contributed by atoms with Crippen LogP contribution in [0, 0.1) is 5.92 Å². The minimum Gasteiger partial charge on any atom is -0.462 e. The number of anilines is 1. The van der Waals surface area contributed by atoms with E-state index in [0.29, 0.717) is 17.9 Å². The van der Waals surface area contributed by atoms with Crippen molar-refractivity contribution in [2.75, 3.05) is 11.9 Å². The van der Waals surface area contributed by atoms with Gasteiger partial charge in [0, 0.05) is 11.6 Å². The van der Waals surface area contributed by atoms with Crippen LogP contribution in [-0.4, -0.2) is 18.5 Å². The van der Waals surface area contributed by atoms with Crippen LogP contribution in [0.2, 0.25) is 5.02 Å². The van der Waals surface area contributed by atoms with E-state index >= 15 is 0 Å². The Morgan fingerprint density at radius 2 is 2.17 bits per heavy atom. The minimum atomic E-state index is -0.456. The van der Waals surface area contributed by atoms with Gasteiger partial charge >= 0.3 is 5.97 Å². The number of rotatable bonds is 4. The Morgan fingerprint density at radius 1 is 1.44 bits per heavy atom. The predicted octanol–water partition coefficient (Wildman–Crippen LogP) is 2.87. The van der Waals surface area contributed by atoms with Crippen LogP contribution >= 0.6 is 11.6 Å². The number of hydrogen-bond donors (Lipinski definition) is 1. The van der Waals surface area contributed by atoms with Crippen molar-refractivity contribution in [3.05, 3.63) is 28.8 Å². The van der Waals surface area contributed by atoms with Crippen molar-refractivity contribution in [2.24, 2.45) is 5.92 Å². The molecule has 0 saturated heterocycles. The summed E-state index contributed by atoms with van der Waals surface area (Å²) in [5, 5.41) is 3.05. The third kappa shape index (κ3) is 3.01. The van der Waals surface area contributed by atoms with Crippen molar-refractivity contribution in [2.45, 2.75) is 19.8 Å². The van der Waals surface area contributed by atoms with Gasteiger partial charge in [-0.2, -0.15) is 0 Å². The fraction of sp³-hybridized carbons (Fsp3) is 0.385. The molecule has 4 nitrogen and oxygen atoms in total. The van der Waals surface area contributed by atoms with E-state index in [2.05, 4.69) is 5.32 Å². The monoisotopic (exact) mass is 267 g/mol. The van der Waals surface area contributed by atoms with Crippen molar-refractivity contribution in [1.29, 1.82) is 0 Å². The fourth-order valence-electron chi connectivity index (χ4n) is 1.56. The summed E-state index contributed by atoms with van der Waals surface area (Å²) < 4.78 is 4.87. The molecule has 1 saturated carbocycles. The lowest BCUT2D eigenvalue weighted by molar-refractivity contribution is -0.117. The Kier molecular flexibility index (Phi) is 3.87. The first-order chi connectivity index (χ1) is 8.61. The van der Waals surface area contributed by atoms with E-state index in [4.69, 9.17) is 16.3 Å². The molecule has 18 heavy (non-hydrogen) atoms. The van der Waals surface area contributed by atoms with Crippen molar-refractivity contribution in [3.8, 4) is 0 Å². The molecular weight excluding hydrogens is 254 g/mol. The lowest BCUT2D eigenvalue weighted by Gasteiger charge is -2.08. The van der Waals surface area contributed by atoms with E-state index in [1.165, 1.54) is 0 Å². The number of hydrogen-bond acceptors (Lipinski definition) is 3. The van der Waals surface area contributed by atoms with Gasteiger partial charge in [-0.1, -0.05) is 11.6 Å². The first kappa shape index (κ1) is 12.9. The van der Waals surface area contributed by atoms with E-state index in [9.17, 15) is 9.59 Å². The number of ether oxygens (including phenoxy) is 1. The van der Waals surface area contributed by atoms with Gasteiger partial charge in [-0.15, -0.1) is 0 Å². The second-order valence-corrected chi connectivity index (χ2v) is 4.59. The Labute approximate surface area is 110 Å². The Morgan fingerprint density at radius 3 is 2.72 bits per heavy atom. The van der Waals surface area contributed by atoms with Crippen LogP contribution in [0.4, 0.5) is 5.69 Å². The van der Waals surface area contributed by atoms with Gasteiger partial charge in [0.1, 0.15) is 0 Å². The van der Waals surface area contributed by atoms with Gasteiger partial charge in [0.25, 0.3) is 0 Å². The van der Waals surface area contributed by atoms with Crippen LogP contribution in [0.25, 0.3) is 0 Å². The largest absolute Gasteiger partial charge is 0.462 e. The Balaban J connectivity index is 2.08. The van der Waals surface area contributed by atoms with Gasteiger partial charge in [0.2, 0.25) is 5.91 Å². The van der Waals surface area contributed by atoms with Gasteiger partial charge in [0.15, 0.2) is 0 Å². The van der Waals surface area contributed by atoms with Crippen LogP contribution in [0.1, 0.15) is 30.1 Å². The van der Waals surface area contributed by atoms with Crippen LogP contribution in [0.3, 0.4) is 0 Å². The van der Waals surface area contributed by atoms with Gasteiger partial charge in [0.05, 0.1) is 17.2 Å². The SMILES string of the molecule is CCOC(=O)c1ccc(NC(=O)C2CC2)cc1Cl. The number of carbonyl (C=O) groups excluding carboxylic acids is 2. The number of benzene rings is 1. The third-order valence-corrected chi connectivity index (χ3v) is 2.99. The number of halogens is 1. The minimum absolute atomic E-state index is 0.00921. The molecule has 0 spiro atoms. The molecule has 0 unspecified atom stereocenters. The van der Waals surface area contributed by atoms with Crippen molar-refractivity contribution in [3.63, 3.8) is 0 Å². The molecule has 2 rings (SSSR count). The van der Waals surface area contributed by atoms with Gasteiger partial charge in [-0.25, -0.2) is 4.79 Å². The maximum absolute atomic E-state index is 11.6. The standard InChI is InChI=1S/C13H14ClNO3/c1-2-18-13(17)10-6-5-9(7-11(10)14)15-12(16)8-3-4-8/h5-8H,2-4H2,1H3,(H,15,16). The summed E-state index contributed by atoms with van der Waals surface area (Å²) in [4.78, 5) is 23.1. The zero-order chi connectivity index (χ0) is 13.1. The van der Waals surface area contributed by atoms with E-state index in [0.717, 1.165) is 12.8 Å². The number of carbonyl (C=O) groups is 2. The van der Waals surface area contributed by atoms with Crippen molar-refractivity contribution in [1.82, 2.24) is 0 Å². The quantitative estimate of drug-likeness (QED) is 0.854. The summed E-state index contributed by atoms with van der Waals surface area (Å²) in [6.45, 7) is 2.03. The van der Waals surface area contributed by atoms with E-state index in [-0.39, 0.29) is 16.8 Å². The predicted molar refractivity (Wildman–Crippen MR) is 68.8 cm³/mol. The molecule has 1 N–H and O–H groups in total. The average molecular weight is 268 g/mol. The summed E-state index contributed by atoms with van der Waals surface area (Å²) in [5.41, 5.74) is 0.910. The molecule has 0 aliphatic heterocycles. The highest BCUT2D eigenvalue weighted by Gasteiger charge is 2.29. The number of esters is 1. The van der Waals surface area contributed by atoms with Gasteiger partial charge in [-0.3, -0.25) is 4.79 Å². The molecule has 1 amide bonds. The molecule has 1 aromatic rings. The van der Waals surface area contributed by atoms with E-state index in [1.54, 1.807) is 25.1 Å². The first-order valence-corrected chi connectivity index (χ1v) is 6.27. The lowest BCUT2D eigenvalue weighted by Crippen LogP contribution is -2.13. The molecule has 0 aromatic heterocycles. The second kappa shape index (κ2) is 5.40. The van der Waals surface area contributed by atoms with Crippen molar-refractivity contribution >= 4 is 29.2 Å². The smallest absolute Gasteiger partial charge is 0.339 e. The number of nitrogens with one attached hydrogen (secondary N) is 1. The van der Waals surface area contributed by atoms with Crippen molar-refractivity contribution < 1.29 is 14.3 Å². The lowest BCUT2D eigenvalue weighted by atomic mass is 10.2.